The topological polar surface area (TPSA) is 107 Å². The van der Waals surface area contributed by atoms with Gasteiger partial charge in [0.2, 0.25) is 0 Å². The molecule has 0 atom stereocenters. The summed E-state index contributed by atoms with van der Waals surface area (Å²) in [6.45, 7) is 1.77. The first-order chi connectivity index (χ1) is 7.65. The van der Waals surface area contributed by atoms with Crippen molar-refractivity contribution in [3.8, 4) is 5.82 Å². The molecule has 0 unspecified atom stereocenters. The van der Waals surface area contributed by atoms with Crippen LogP contribution in [0.3, 0.4) is 0 Å². The summed E-state index contributed by atoms with van der Waals surface area (Å²) >= 11 is 0. The van der Waals surface area contributed by atoms with Crippen molar-refractivity contribution in [3.63, 3.8) is 0 Å². The number of nitrogens with zero attached hydrogens (tertiary/aromatic N) is 6. The molecule has 0 amide bonds. The fourth-order valence-corrected chi connectivity index (χ4v) is 1.58. The van der Waals surface area contributed by atoms with Crippen LogP contribution in [0.2, 0.25) is 0 Å². The average molecular weight is 221 g/mol. The van der Waals surface area contributed by atoms with E-state index in [2.05, 4.69) is 20.3 Å². The Morgan fingerprint density at radius 3 is 2.88 bits per heavy atom. The minimum atomic E-state index is -0.00361. The zero-order valence-corrected chi connectivity index (χ0v) is 8.86. The number of hydrogen-bond donors (Lipinski definition) is 2. The zero-order chi connectivity index (χ0) is 11.7. The van der Waals surface area contributed by atoms with Gasteiger partial charge in [0.05, 0.1) is 11.3 Å². The fraction of sp³-hybridized carbons (Fsp3) is 0.250. The van der Waals surface area contributed by atoms with E-state index < -0.39 is 0 Å². The second-order valence-electron chi connectivity index (χ2n) is 3.23. The van der Waals surface area contributed by atoms with Crippen LogP contribution in [0.5, 0.6) is 0 Å². The smallest absolute Gasteiger partial charge is 0.175 e. The number of hydrogen-bond acceptors (Lipinski definition) is 5. The molecule has 0 saturated carbocycles. The largest absolute Gasteiger partial charge is 0.409 e. The molecule has 0 radical (unpaired) electrons. The zero-order valence-electron chi connectivity index (χ0n) is 8.86. The van der Waals surface area contributed by atoms with Crippen LogP contribution in [0.1, 0.15) is 11.3 Å². The molecule has 8 heteroatoms. The summed E-state index contributed by atoms with van der Waals surface area (Å²) in [6.07, 6.45) is 2.92. The quantitative estimate of drug-likeness (QED) is 0.305. The van der Waals surface area contributed by atoms with Crippen LogP contribution >= 0.6 is 0 Å². The highest BCUT2D eigenvalue weighted by Gasteiger charge is 2.18. The molecular weight excluding hydrogens is 210 g/mol. The third-order valence-electron chi connectivity index (χ3n) is 2.19. The van der Waals surface area contributed by atoms with E-state index in [1.165, 1.54) is 17.3 Å². The van der Waals surface area contributed by atoms with Gasteiger partial charge in [-0.3, -0.25) is 0 Å². The Morgan fingerprint density at radius 1 is 1.56 bits per heavy atom. The lowest BCUT2D eigenvalue weighted by atomic mass is 10.2. The number of nitrogens with two attached hydrogens (primary N) is 1. The third kappa shape index (κ3) is 1.40. The van der Waals surface area contributed by atoms with Gasteiger partial charge in [0.25, 0.3) is 0 Å². The standard InChI is InChI=1S/C8H11N7O/c1-5-6(7(9)13-16)8(14(2)12-5)15-4-10-3-11-15/h3-4,16H,1-2H3,(H2,9,13). The highest BCUT2D eigenvalue weighted by Crippen LogP contribution is 2.16. The van der Waals surface area contributed by atoms with Gasteiger partial charge in [-0.15, -0.1) is 0 Å². The van der Waals surface area contributed by atoms with Gasteiger partial charge in [-0.25, -0.2) is 14.3 Å². The van der Waals surface area contributed by atoms with Gasteiger partial charge < -0.3 is 10.9 Å². The number of aromatic nitrogens is 5. The summed E-state index contributed by atoms with van der Waals surface area (Å²) in [7, 11) is 1.75. The lowest BCUT2D eigenvalue weighted by molar-refractivity contribution is 0.318. The predicted molar refractivity (Wildman–Crippen MR) is 55.4 cm³/mol. The minimum absolute atomic E-state index is 0.00361. The van der Waals surface area contributed by atoms with Crippen molar-refractivity contribution < 1.29 is 5.21 Å². The Morgan fingerprint density at radius 2 is 2.31 bits per heavy atom. The van der Waals surface area contributed by atoms with Gasteiger partial charge in [0.15, 0.2) is 11.7 Å². The Hall–Kier alpha value is -2.38. The Labute approximate surface area is 91.0 Å². The normalized spacial score (nSPS) is 12.0. The van der Waals surface area contributed by atoms with E-state index in [0.29, 0.717) is 17.1 Å². The Balaban J connectivity index is 2.69. The minimum Gasteiger partial charge on any atom is -0.409 e. The van der Waals surface area contributed by atoms with E-state index in [4.69, 9.17) is 10.9 Å². The number of amidine groups is 1. The van der Waals surface area contributed by atoms with Gasteiger partial charge in [0.1, 0.15) is 12.7 Å². The van der Waals surface area contributed by atoms with Gasteiger partial charge in [-0.1, -0.05) is 5.16 Å². The van der Waals surface area contributed by atoms with Crippen LogP contribution in [0.25, 0.3) is 5.82 Å². The average Bonchev–Trinajstić information content (AvgIpc) is 2.84. The highest BCUT2D eigenvalue weighted by atomic mass is 16.4. The van der Waals surface area contributed by atoms with Crippen molar-refractivity contribution in [2.75, 3.05) is 0 Å². The maximum absolute atomic E-state index is 8.72. The lowest BCUT2D eigenvalue weighted by Gasteiger charge is -2.03. The van der Waals surface area contributed by atoms with Gasteiger partial charge in [-0.2, -0.15) is 10.2 Å². The van der Waals surface area contributed by atoms with Crippen LogP contribution in [-0.4, -0.2) is 35.6 Å². The van der Waals surface area contributed by atoms with Crippen LogP contribution in [-0.2, 0) is 7.05 Å². The van der Waals surface area contributed by atoms with Crippen LogP contribution in [0.15, 0.2) is 17.8 Å². The van der Waals surface area contributed by atoms with E-state index in [0.717, 1.165) is 0 Å². The van der Waals surface area contributed by atoms with Crippen molar-refractivity contribution >= 4 is 5.84 Å². The molecule has 2 aromatic heterocycles. The van der Waals surface area contributed by atoms with E-state index in [9.17, 15) is 0 Å². The summed E-state index contributed by atoms with van der Waals surface area (Å²) in [5.74, 6) is 0.599. The summed E-state index contributed by atoms with van der Waals surface area (Å²) in [6, 6.07) is 0. The third-order valence-corrected chi connectivity index (χ3v) is 2.19. The Bertz CT molecular complexity index is 525. The number of aryl methyl sites for hydroxylation is 2. The maximum Gasteiger partial charge on any atom is 0.175 e. The predicted octanol–water partition coefficient (Wildman–Crippen LogP) is -0.596. The molecule has 2 aromatic rings. The molecule has 0 aliphatic rings. The first-order valence-electron chi connectivity index (χ1n) is 4.51. The van der Waals surface area contributed by atoms with Crippen molar-refractivity contribution in [3.05, 3.63) is 23.9 Å². The monoisotopic (exact) mass is 221 g/mol. The fourth-order valence-electron chi connectivity index (χ4n) is 1.58. The second kappa shape index (κ2) is 3.65. The Kier molecular flexibility index (Phi) is 2.31. The first-order valence-corrected chi connectivity index (χ1v) is 4.51. The van der Waals surface area contributed by atoms with Crippen molar-refractivity contribution in [2.24, 2.45) is 17.9 Å². The summed E-state index contributed by atoms with van der Waals surface area (Å²) in [4.78, 5) is 3.84. The number of oxime groups is 1. The summed E-state index contributed by atoms with van der Waals surface area (Å²) in [5, 5.41) is 19.9. The van der Waals surface area contributed by atoms with Crippen molar-refractivity contribution in [1.29, 1.82) is 0 Å². The summed E-state index contributed by atoms with van der Waals surface area (Å²) < 4.78 is 3.10. The van der Waals surface area contributed by atoms with E-state index in [-0.39, 0.29) is 5.84 Å². The number of rotatable bonds is 2. The molecule has 0 aliphatic heterocycles. The van der Waals surface area contributed by atoms with E-state index in [1.54, 1.807) is 18.7 Å². The van der Waals surface area contributed by atoms with Gasteiger partial charge in [0, 0.05) is 7.05 Å². The molecule has 16 heavy (non-hydrogen) atoms. The SMILES string of the molecule is Cc1nn(C)c(-n2cncn2)c1C(N)=NO. The van der Waals surface area contributed by atoms with Crippen LogP contribution < -0.4 is 5.73 Å². The molecule has 0 aliphatic carbocycles. The highest BCUT2D eigenvalue weighted by molar-refractivity contribution is 6.00. The molecule has 0 aromatic carbocycles. The molecule has 8 nitrogen and oxygen atoms in total. The first kappa shape index (κ1) is 10.1. The van der Waals surface area contributed by atoms with E-state index >= 15 is 0 Å². The molecule has 0 saturated heterocycles. The van der Waals surface area contributed by atoms with Crippen LogP contribution in [0.4, 0.5) is 0 Å². The van der Waals surface area contributed by atoms with Gasteiger partial charge >= 0.3 is 0 Å². The lowest BCUT2D eigenvalue weighted by Crippen LogP contribution is -2.17. The molecule has 0 bridgehead atoms. The summed E-state index contributed by atoms with van der Waals surface area (Å²) in [5.41, 5.74) is 6.79. The molecule has 2 heterocycles. The molecular formula is C8H11N7O. The maximum atomic E-state index is 8.72. The van der Waals surface area contributed by atoms with Crippen LogP contribution in [0, 0.1) is 6.92 Å². The molecule has 0 fully saturated rings. The van der Waals surface area contributed by atoms with E-state index in [1.807, 2.05) is 0 Å². The molecule has 0 spiro atoms. The molecule has 84 valence electrons. The molecule has 2 rings (SSSR count). The van der Waals surface area contributed by atoms with Gasteiger partial charge in [-0.05, 0) is 6.92 Å². The van der Waals surface area contributed by atoms with Crippen molar-refractivity contribution in [2.45, 2.75) is 6.92 Å². The van der Waals surface area contributed by atoms with Crippen molar-refractivity contribution in [1.82, 2.24) is 24.5 Å². The molecule has 3 N–H and O–H groups in total. The second-order valence-corrected chi connectivity index (χ2v) is 3.23.